The molecular weight excluding hydrogens is 466 g/mol. The fourth-order valence-electron chi connectivity index (χ4n) is 3.67. The van der Waals surface area contributed by atoms with Crippen molar-refractivity contribution in [2.24, 2.45) is 0 Å². The Kier molecular flexibility index (Phi) is 6.62. The predicted octanol–water partition coefficient (Wildman–Crippen LogP) is 3.90. The number of halogens is 1. The van der Waals surface area contributed by atoms with Gasteiger partial charge in [-0.25, -0.2) is 13.1 Å². The number of hydrogen-bond acceptors (Lipinski definition) is 6. The van der Waals surface area contributed by atoms with Crippen molar-refractivity contribution < 1.29 is 22.7 Å². The van der Waals surface area contributed by atoms with Gasteiger partial charge >= 0.3 is 0 Å². The lowest BCUT2D eigenvalue weighted by Crippen LogP contribution is -2.23. The molecule has 1 aromatic heterocycles. The van der Waals surface area contributed by atoms with E-state index in [4.69, 9.17) is 21.1 Å². The highest BCUT2D eigenvalue weighted by Crippen LogP contribution is 2.31. The van der Waals surface area contributed by atoms with E-state index in [1.54, 1.807) is 36.1 Å². The van der Waals surface area contributed by atoms with E-state index in [1.165, 1.54) is 0 Å². The van der Waals surface area contributed by atoms with Crippen molar-refractivity contribution in [3.05, 3.63) is 59.1 Å². The minimum Gasteiger partial charge on any atom is -0.497 e. The molecule has 33 heavy (non-hydrogen) atoms. The number of nitrogens with one attached hydrogen (secondary N) is 1. The molecule has 0 spiro atoms. The number of sulfone groups is 1. The number of rotatable bonds is 7. The van der Waals surface area contributed by atoms with E-state index < -0.39 is 9.84 Å². The quantitative estimate of drug-likeness (QED) is 0.540. The third kappa shape index (κ3) is 5.48. The summed E-state index contributed by atoms with van der Waals surface area (Å²) < 4.78 is 36.4. The Morgan fingerprint density at radius 1 is 1.18 bits per heavy atom. The van der Waals surface area contributed by atoms with Crippen LogP contribution in [0.2, 0.25) is 5.02 Å². The van der Waals surface area contributed by atoms with Gasteiger partial charge in [-0.3, -0.25) is 4.79 Å². The molecule has 2 heterocycles. The van der Waals surface area contributed by atoms with E-state index in [2.05, 4.69) is 10.4 Å². The van der Waals surface area contributed by atoms with Gasteiger partial charge in [-0.05, 0) is 61.4 Å². The Hall–Kier alpha value is -3.04. The number of hydrogen-bond donors (Lipinski definition) is 1. The Morgan fingerprint density at radius 3 is 2.55 bits per heavy atom. The van der Waals surface area contributed by atoms with Gasteiger partial charge in [0.15, 0.2) is 16.4 Å². The van der Waals surface area contributed by atoms with Crippen LogP contribution in [0.1, 0.15) is 18.0 Å². The Balaban J connectivity index is 1.54. The Labute approximate surface area is 197 Å². The summed E-state index contributed by atoms with van der Waals surface area (Å²) in [5.74, 6) is 1.36. The molecule has 3 aromatic rings. The summed E-state index contributed by atoms with van der Waals surface area (Å²) in [4.78, 5) is 12.6. The van der Waals surface area contributed by atoms with E-state index in [0.717, 1.165) is 11.1 Å². The molecule has 4 rings (SSSR count). The number of carbonyl (C=O) groups is 1. The van der Waals surface area contributed by atoms with Crippen LogP contribution in [0.3, 0.4) is 0 Å². The van der Waals surface area contributed by atoms with E-state index in [9.17, 15) is 13.2 Å². The monoisotopic (exact) mass is 489 g/mol. The van der Waals surface area contributed by atoms with Crippen molar-refractivity contribution in [2.75, 3.05) is 30.5 Å². The van der Waals surface area contributed by atoms with Crippen LogP contribution in [0.15, 0.2) is 48.5 Å². The second kappa shape index (κ2) is 9.44. The number of carbonyl (C=O) groups excluding carboxylic acids is 1. The predicted molar refractivity (Wildman–Crippen MR) is 127 cm³/mol. The lowest BCUT2D eigenvalue weighted by atomic mass is 10.1. The number of aryl methyl sites for hydroxylation is 1. The molecule has 1 fully saturated rings. The van der Waals surface area contributed by atoms with Gasteiger partial charge < -0.3 is 14.8 Å². The first-order valence-electron chi connectivity index (χ1n) is 10.4. The van der Waals surface area contributed by atoms with Crippen molar-refractivity contribution in [3.63, 3.8) is 0 Å². The first-order chi connectivity index (χ1) is 15.7. The summed E-state index contributed by atoms with van der Waals surface area (Å²) in [6, 6.07) is 13.9. The van der Waals surface area contributed by atoms with E-state index >= 15 is 0 Å². The van der Waals surface area contributed by atoms with Crippen LogP contribution < -0.4 is 14.8 Å². The SMILES string of the molecule is COc1ccc(-c2cc(NC(=O)COc3ccc(Cl)c(C)c3)n([C@H]3CCS(=O)(=O)C3)n2)cc1. The van der Waals surface area contributed by atoms with E-state index in [0.29, 0.717) is 34.5 Å². The van der Waals surface area contributed by atoms with Gasteiger partial charge in [0.2, 0.25) is 0 Å². The Morgan fingerprint density at radius 2 is 1.91 bits per heavy atom. The normalized spacial score (nSPS) is 17.0. The minimum absolute atomic E-state index is 0.0137. The largest absolute Gasteiger partial charge is 0.497 e. The molecule has 0 saturated carbocycles. The third-order valence-electron chi connectivity index (χ3n) is 5.44. The summed E-state index contributed by atoms with van der Waals surface area (Å²) in [5, 5.41) is 8.05. The van der Waals surface area contributed by atoms with Crippen molar-refractivity contribution >= 4 is 33.2 Å². The molecule has 1 saturated heterocycles. The summed E-state index contributed by atoms with van der Waals surface area (Å²) in [7, 11) is -1.54. The van der Waals surface area contributed by atoms with Gasteiger partial charge in [-0.2, -0.15) is 5.10 Å². The number of anilines is 1. The van der Waals surface area contributed by atoms with Crippen LogP contribution >= 0.6 is 11.6 Å². The number of nitrogens with zero attached hydrogens (tertiary/aromatic N) is 2. The molecule has 174 valence electrons. The molecule has 8 nitrogen and oxygen atoms in total. The molecule has 2 aromatic carbocycles. The van der Waals surface area contributed by atoms with Gasteiger partial charge in [0, 0.05) is 16.7 Å². The molecule has 1 N–H and O–H groups in total. The lowest BCUT2D eigenvalue weighted by Gasteiger charge is -2.14. The van der Waals surface area contributed by atoms with Crippen molar-refractivity contribution in [3.8, 4) is 22.8 Å². The van der Waals surface area contributed by atoms with Gasteiger partial charge in [0.25, 0.3) is 5.91 Å². The van der Waals surface area contributed by atoms with Gasteiger partial charge in [-0.1, -0.05) is 11.6 Å². The molecule has 0 unspecified atom stereocenters. The molecule has 1 atom stereocenters. The maximum atomic E-state index is 12.6. The summed E-state index contributed by atoms with van der Waals surface area (Å²) in [6.07, 6.45) is 0.440. The standard InChI is InChI=1S/C23H24ClN3O5S/c1-15-11-19(7-8-20(15)24)32-13-23(28)25-22-12-21(16-3-5-18(31-2)6-4-16)26-27(22)17-9-10-33(29,30)14-17/h3-8,11-12,17H,9-10,13-14H2,1-2H3,(H,25,28)/t17-/m0/s1. The molecule has 1 aliphatic rings. The average molecular weight is 490 g/mol. The second-order valence-corrected chi connectivity index (χ2v) is 10.5. The first-order valence-corrected chi connectivity index (χ1v) is 12.6. The second-order valence-electron chi connectivity index (χ2n) is 7.89. The van der Waals surface area contributed by atoms with Crippen LogP contribution in [-0.2, 0) is 14.6 Å². The summed E-state index contributed by atoms with van der Waals surface area (Å²) in [6.45, 7) is 1.64. The zero-order chi connectivity index (χ0) is 23.6. The fraction of sp³-hybridized carbons (Fsp3) is 0.304. The highest BCUT2D eigenvalue weighted by atomic mass is 35.5. The number of amides is 1. The fourth-order valence-corrected chi connectivity index (χ4v) is 5.48. The topological polar surface area (TPSA) is 99.5 Å². The van der Waals surface area contributed by atoms with Crippen LogP contribution in [0, 0.1) is 6.92 Å². The van der Waals surface area contributed by atoms with Gasteiger partial charge in [-0.15, -0.1) is 0 Å². The average Bonchev–Trinajstić information content (AvgIpc) is 3.37. The lowest BCUT2D eigenvalue weighted by molar-refractivity contribution is -0.118. The summed E-state index contributed by atoms with van der Waals surface area (Å²) >= 11 is 6.03. The van der Waals surface area contributed by atoms with Crippen LogP contribution in [0.5, 0.6) is 11.5 Å². The maximum absolute atomic E-state index is 12.6. The van der Waals surface area contributed by atoms with Gasteiger partial charge in [0.05, 0.1) is 30.4 Å². The van der Waals surface area contributed by atoms with E-state index in [1.807, 2.05) is 31.2 Å². The minimum atomic E-state index is -3.13. The third-order valence-corrected chi connectivity index (χ3v) is 7.62. The zero-order valence-corrected chi connectivity index (χ0v) is 19.8. The molecule has 0 bridgehead atoms. The van der Waals surface area contributed by atoms with Crippen molar-refractivity contribution in [2.45, 2.75) is 19.4 Å². The molecule has 0 aliphatic carbocycles. The number of benzene rings is 2. The van der Waals surface area contributed by atoms with Crippen molar-refractivity contribution in [1.29, 1.82) is 0 Å². The maximum Gasteiger partial charge on any atom is 0.263 e. The highest BCUT2D eigenvalue weighted by Gasteiger charge is 2.31. The number of ether oxygens (including phenoxy) is 2. The van der Waals surface area contributed by atoms with Crippen LogP contribution in [-0.4, -0.2) is 49.3 Å². The van der Waals surface area contributed by atoms with E-state index in [-0.39, 0.29) is 30.1 Å². The zero-order valence-electron chi connectivity index (χ0n) is 18.2. The molecule has 1 amide bonds. The Bertz CT molecular complexity index is 1270. The van der Waals surface area contributed by atoms with Crippen LogP contribution in [0.4, 0.5) is 5.82 Å². The molecule has 10 heteroatoms. The molecule has 1 aliphatic heterocycles. The molecule has 0 radical (unpaired) electrons. The first kappa shape index (κ1) is 23.1. The smallest absolute Gasteiger partial charge is 0.263 e. The number of aromatic nitrogens is 2. The highest BCUT2D eigenvalue weighted by molar-refractivity contribution is 7.91. The molecular formula is C23H24ClN3O5S. The van der Waals surface area contributed by atoms with Crippen molar-refractivity contribution in [1.82, 2.24) is 9.78 Å². The number of methoxy groups -OCH3 is 1. The summed E-state index contributed by atoms with van der Waals surface area (Å²) in [5.41, 5.74) is 2.28. The van der Waals surface area contributed by atoms with Crippen LogP contribution in [0.25, 0.3) is 11.3 Å². The van der Waals surface area contributed by atoms with Gasteiger partial charge in [0.1, 0.15) is 17.3 Å².